The molecule has 0 unspecified atom stereocenters. The molecule has 0 spiro atoms. The number of anilines is 1. The SMILES string of the molecule is CCn1ncc2c(NC3CCC(C(=O)OC(C)(C)C)CC3)c(/C=N/O)cnc21. The fourth-order valence-electron chi connectivity index (χ4n) is 3.66. The Morgan fingerprint density at radius 3 is 2.68 bits per heavy atom. The van der Waals surface area contributed by atoms with Gasteiger partial charge in [-0.15, -0.1) is 0 Å². The monoisotopic (exact) mass is 387 g/mol. The highest BCUT2D eigenvalue weighted by atomic mass is 16.6. The Kier molecular flexibility index (Phi) is 5.86. The van der Waals surface area contributed by atoms with E-state index in [1.165, 1.54) is 6.21 Å². The number of ether oxygens (including phenoxy) is 1. The van der Waals surface area contributed by atoms with Gasteiger partial charge in [-0.2, -0.15) is 5.10 Å². The summed E-state index contributed by atoms with van der Waals surface area (Å²) < 4.78 is 7.36. The highest BCUT2D eigenvalue weighted by Crippen LogP contribution is 2.32. The number of nitrogens with one attached hydrogen (secondary N) is 1. The molecule has 152 valence electrons. The van der Waals surface area contributed by atoms with Crippen LogP contribution < -0.4 is 5.32 Å². The third-order valence-corrected chi connectivity index (χ3v) is 5.01. The predicted molar refractivity (Wildman–Crippen MR) is 108 cm³/mol. The number of rotatable bonds is 5. The van der Waals surface area contributed by atoms with E-state index in [0.29, 0.717) is 5.56 Å². The summed E-state index contributed by atoms with van der Waals surface area (Å²) in [5.74, 6) is -0.148. The number of oxime groups is 1. The second-order valence-corrected chi connectivity index (χ2v) is 8.26. The molecule has 0 atom stereocenters. The number of carbonyl (C=O) groups is 1. The summed E-state index contributed by atoms with van der Waals surface area (Å²) in [6.45, 7) is 8.43. The molecule has 0 radical (unpaired) electrons. The third kappa shape index (κ3) is 4.43. The van der Waals surface area contributed by atoms with Gasteiger partial charge in [-0.1, -0.05) is 5.16 Å². The van der Waals surface area contributed by atoms with Crippen molar-refractivity contribution in [2.75, 3.05) is 5.32 Å². The van der Waals surface area contributed by atoms with Crippen LogP contribution in [0.1, 0.15) is 58.9 Å². The lowest BCUT2D eigenvalue weighted by Crippen LogP contribution is -2.34. The molecule has 3 rings (SSSR count). The fraction of sp³-hybridized carbons (Fsp3) is 0.600. The Morgan fingerprint density at radius 1 is 1.36 bits per heavy atom. The Bertz CT molecular complexity index is 861. The molecule has 2 heterocycles. The molecule has 0 aromatic carbocycles. The summed E-state index contributed by atoms with van der Waals surface area (Å²) in [7, 11) is 0. The summed E-state index contributed by atoms with van der Waals surface area (Å²) in [4.78, 5) is 16.8. The van der Waals surface area contributed by atoms with Crippen LogP contribution in [0.25, 0.3) is 11.0 Å². The van der Waals surface area contributed by atoms with E-state index < -0.39 is 5.60 Å². The van der Waals surface area contributed by atoms with Crippen molar-refractivity contribution in [3.8, 4) is 0 Å². The van der Waals surface area contributed by atoms with Gasteiger partial charge in [-0.25, -0.2) is 9.67 Å². The number of aromatic nitrogens is 3. The van der Waals surface area contributed by atoms with Gasteiger partial charge in [0.05, 0.1) is 29.4 Å². The van der Waals surface area contributed by atoms with E-state index >= 15 is 0 Å². The minimum absolute atomic E-state index is 0.0453. The van der Waals surface area contributed by atoms with Crippen molar-refractivity contribution in [1.29, 1.82) is 0 Å². The minimum Gasteiger partial charge on any atom is -0.460 e. The zero-order valence-electron chi connectivity index (χ0n) is 17.0. The normalized spacial score (nSPS) is 20.6. The number of carbonyl (C=O) groups excluding carboxylic acids is 1. The number of aryl methyl sites for hydroxylation is 1. The molecule has 0 bridgehead atoms. The first-order chi connectivity index (χ1) is 13.3. The van der Waals surface area contributed by atoms with Crippen LogP contribution in [0.5, 0.6) is 0 Å². The van der Waals surface area contributed by atoms with E-state index in [1.807, 2.05) is 32.4 Å². The summed E-state index contributed by atoms with van der Waals surface area (Å²) in [6, 6.07) is 0.222. The summed E-state index contributed by atoms with van der Waals surface area (Å²) in [5, 5.41) is 21.0. The predicted octanol–water partition coefficient (Wildman–Crippen LogP) is 3.57. The molecular formula is C20H29N5O3. The second kappa shape index (κ2) is 8.16. The van der Waals surface area contributed by atoms with Crippen LogP contribution >= 0.6 is 0 Å². The first-order valence-corrected chi connectivity index (χ1v) is 9.83. The van der Waals surface area contributed by atoms with Gasteiger partial charge < -0.3 is 15.3 Å². The first kappa shape index (κ1) is 20.1. The van der Waals surface area contributed by atoms with Gasteiger partial charge in [-0.05, 0) is 53.4 Å². The Balaban J connectivity index is 1.74. The minimum atomic E-state index is -0.452. The van der Waals surface area contributed by atoms with E-state index in [-0.39, 0.29) is 17.9 Å². The average molecular weight is 387 g/mol. The zero-order valence-corrected chi connectivity index (χ0v) is 17.0. The number of hydrogen-bond donors (Lipinski definition) is 2. The van der Waals surface area contributed by atoms with Crippen LogP contribution in [0.15, 0.2) is 17.5 Å². The third-order valence-electron chi connectivity index (χ3n) is 5.01. The molecule has 0 amide bonds. The van der Waals surface area contributed by atoms with Crippen LogP contribution in [-0.2, 0) is 16.1 Å². The second-order valence-electron chi connectivity index (χ2n) is 8.26. The number of pyridine rings is 1. The lowest BCUT2D eigenvalue weighted by atomic mass is 9.85. The Labute approximate surface area is 165 Å². The molecule has 1 aliphatic rings. The molecule has 2 aromatic rings. The van der Waals surface area contributed by atoms with Gasteiger partial charge >= 0.3 is 5.97 Å². The Hall–Kier alpha value is -2.64. The fourth-order valence-corrected chi connectivity index (χ4v) is 3.66. The number of hydrogen-bond acceptors (Lipinski definition) is 7. The summed E-state index contributed by atoms with van der Waals surface area (Å²) in [5.41, 5.74) is 1.91. The number of nitrogens with zero attached hydrogens (tertiary/aromatic N) is 4. The first-order valence-electron chi connectivity index (χ1n) is 9.83. The van der Waals surface area contributed by atoms with Gasteiger partial charge in [0.1, 0.15) is 5.60 Å². The topological polar surface area (TPSA) is 102 Å². The quantitative estimate of drug-likeness (QED) is 0.352. The smallest absolute Gasteiger partial charge is 0.309 e. The van der Waals surface area contributed by atoms with Crippen molar-refractivity contribution < 1.29 is 14.7 Å². The van der Waals surface area contributed by atoms with Gasteiger partial charge in [0.15, 0.2) is 5.65 Å². The van der Waals surface area contributed by atoms with Crippen LogP contribution in [0, 0.1) is 5.92 Å². The standard InChI is InChI=1S/C20H29N5O3/c1-5-25-18-16(12-22-25)17(14(10-21-18)11-23-27)24-15-8-6-13(7-9-15)19(26)28-20(2,3)4/h10-13,15,27H,5-9H2,1-4H3,(H,21,24)/b23-11+. The number of esters is 1. The van der Waals surface area contributed by atoms with Crippen molar-refractivity contribution >= 4 is 28.9 Å². The lowest BCUT2D eigenvalue weighted by Gasteiger charge is -2.31. The molecule has 8 heteroatoms. The Morgan fingerprint density at radius 2 is 2.07 bits per heavy atom. The highest BCUT2D eigenvalue weighted by Gasteiger charge is 2.30. The van der Waals surface area contributed by atoms with Gasteiger partial charge in [0, 0.05) is 24.3 Å². The van der Waals surface area contributed by atoms with E-state index in [4.69, 9.17) is 9.94 Å². The van der Waals surface area contributed by atoms with Crippen molar-refractivity contribution in [2.24, 2.45) is 11.1 Å². The largest absolute Gasteiger partial charge is 0.460 e. The van der Waals surface area contributed by atoms with Gasteiger partial charge in [0.25, 0.3) is 0 Å². The van der Waals surface area contributed by atoms with Crippen molar-refractivity contribution in [3.63, 3.8) is 0 Å². The maximum atomic E-state index is 12.3. The highest BCUT2D eigenvalue weighted by molar-refractivity contribution is 6.00. The molecule has 2 N–H and O–H groups in total. The van der Waals surface area contributed by atoms with Gasteiger partial charge in [-0.3, -0.25) is 4.79 Å². The summed E-state index contributed by atoms with van der Waals surface area (Å²) >= 11 is 0. The van der Waals surface area contributed by atoms with Crippen LogP contribution in [0.4, 0.5) is 5.69 Å². The molecule has 0 saturated heterocycles. The molecule has 1 aliphatic carbocycles. The van der Waals surface area contributed by atoms with E-state index in [0.717, 1.165) is 48.9 Å². The van der Waals surface area contributed by atoms with Crippen molar-refractivity contribution in [1.82, 2.24) is 14.8 Å². The summed E-state index contributed by atoms with van der Waals surface area (Å²) in [6.07, 6.45) is 8.16. The lowest BCUT2D eigenvalue weighted by molar-refractivity contribution is -0.161. The molecule has 28 heavy (non-hydrogen) atoms. The van der Waals surface area contributed by atoms with Crippen molar-refractivity contribution in [2.45, 2.75) is 71.6 Å². The molecular weight excluding hydrogens is 358 g/mol. The average Bonchev–Trinajstić information content (AvgIpc) is 3.06. The molecule has 2 aromatic heterocycles. The van der Waals surface area contributed by atoms with Crippen LogP contribution in [0.3, 0.4) is 0 Å². The zero-order chi connectivity index (χ0) is 20.3. The van der Waals surface area contributed by atoms with Crippen LogP contribution in [0.2, 0.25) is 0 Å². The van der Waals surface area contributed by atoms with Crippen LogP contribution in [-0.4, -0.2) is 43.8 Å². The molecule has 1 fully saturated rings. The maximum absolute atomic E-state index is 12.3. The van der Waals surface area contributed by atoms with E-state index in [9.17, 15) is 4.79 Å². The number of fused-ring (bicyclic) bond motifs is 1. The van der Waals surface area contributed by atoms with Crippen molar-refractivity contribution in [3.05, 3.63) is 18.0 Å². The van der Waals surface area contributed by atoms with E-state index in [2.05, 4.69) is 20.6 Å². The maximum Gasteiger partial charge on any atom is 0.309 e. The van der Waals surface area contributed by atoms with E-state index in [1.54, 1.807) is 12.4 Å². The van der Waals surface area contributed by atoms with Gasteiger partial charge in [0.2, 0.25) is 0 Å². The molecule has 1 saturated carbocycles. The molecule has 8 nitrogen and oxygen atoms in total. The molecule has 0 aliphatic heterocycles.